The molecule has 1 aromatic rings. The van der Waals surface area contributed by atoms with Crippen molar-refractivity contribution in [1.82, 2.24) is 15.1 Å². The molecule has 2 aliphatic carbocycles. The highest BCUT2D eigenvalue weighted by molar-refractivity contribution is 5.08. The molecule has 106 valence electrons. The Morgan fingerprint density at radius 1 is 1.42 bits per heavy atom. The molecule has 0 amide bonds. The van der Waals surface area contributed by atoms with Crippen LogP contribution in [0.5, 0.6) is 0 Å². The van der Waals surface area contributed by atoms with E-state index in [9.17, 15) is 0 Å². The van der Waals surface area contributed by atoms with Gasteiger partial charge in [-0.05, 0) is 63.0 Å². The first-order chi connectivity index (χ1) is 9.31. The second-order valence-electron chi connectivity index (χ2n) is 6.49. The average Bonchev–Trinajstić information content (AvgIpc) is 3.12. The summed E-state index contributed by atoms with van der Waals surface area (Å²) in [5, 5.41) is 8.00. The van der Waals surface area contributed by atoms with Crippen molar-refractivity contribution in [2.24, 2.45) is 17.8 Å². The van der Waals surface area contributed by atoms with E-state index in [0.29, 0.717) is 6.04 Å². The van der Waals surface area contributed by atoms with Crippen LogP contribution in [-0.4, -0.2) is 16.8 Å². The summed E-state index contributed by atoms with van der Waals surface area (Å²) in [5.74, 6) is 3.01. The van der Waals surface area contributed by atoms with Gasteiger partial charge in [0.2, 0.25) is 0 Å². The number of aryl methyl sites for hydroxylation is 1. The Kier molecular flexibility index (Phi) is 3.92. The fraction of sp³-hybridized carbons (Fsp3) is 0.812. The van der Waals surface area contributed by atoms with Crippen molar-refractivity contribution in [1.29, 1.82) is 0 Å². The van der Waals surface area contributed by atoms with Gasteiger partial charge in [0, 0.05) is 18.8 Å². The zero-order valence-corrected chi connectivity index (χ0v) is 12.3. The third-order valence-electron chi connectivity index (χ3n) is 5.31. The van der Waals surface area contributed by atoms with Crippen LogP contribution >= 0.6 is 0 Å². The number of rotatable bonds is 6. The van der Waals surface area contributed by atoms with E-state index in [4.69, 9.17) is 0 Å². The summed E-state index contributed by atoms with van der Waals surface area (Å²) >= 11 is 0. The van der Waals surface area contributed by atoms with Crippen LogP contribution in [0.25, 0.3) is 0 Å². The topological polar surface area (TPSA) is 29.9 Å². The van der Waals surface area contributed by atoms with Gasteiger partial charge in [0.25, 0.3) is 0 Å². The second kappa shape index (κ2) is 5.66. The molecule has 3 heteroatoms. The normalized spacial score (nSPS) is 30.9. The van der Waals surface area contributed by atoms with Gasteiger partial charge in [0.1, 0.15) is 0 Å². The molecule has 1 heterocycles. The van der Waals surface area contributed by atoms with Crippen molar-refractivity contribution in [2.75, 3.05) is 7.05 Å². The molecule has 0 saturated heterocycles. The quantitative estimate of drug-likeness (QED) is 0.850. The maximum atomic E-state index is 4.47. The maximum absolute atomic E-state index is 4.47. The molecule has 4 unspecified atom stereocenters. The summed E-state index contributed by atoms with van der Waals surface area (Å²) in [6.45, 7) is 3.26. The largest absolute Gasteiger partial charge is 0.312 e. The van der Waals surface area contributed by atoms with Crippen LogP contribution in [0.15, 0.2) is 12.3 Å². The first-order valence-electron chi connectivity index (χ1n) is 8.00. The number of hydrogen-bond acceptors (Lipinski definition) is 2. The Bertz CT molecular complexity index is 412. The number of fused-ring (bicyclic) bond motifs is 2. The monoisotopic (exact) mass is 261 g/mol. The van der Waals surface area contributed by atoms with Crippen LogP contribution in [-0.2, 0) is 6.54 Å². The van der Waals surface area contributed by atoms with Crippen molar-refractivity contribution < 1.29 is 0 Å². The smallest absolute Gasteiger partial charge is 0.0553 e. The van der Waals surface area contributed by atoms with Gasteiger partial charge in [-0.25, -0.2) is 0 Å². The van der Waals surface area contributed by atoms with Gasteiger partial charge >= 0.3 is 0 Å². The summed E-state index contributed by atoms with van der Waals surface area (Å²) in [7, 11) is 2.10. The summed E-state index contributed by atoms with van der Waals surface area (Å²) in [5.41, 5.74) is 1.38. The third kappa shape index (κ3) is 2.58. The Balaban J connectivity index is 1.68. The second-order valence-corrected chi connectivity index (χ2v) is 6.49. The first kappa shape index (κ1) is 13.2. The number of hydrogen-bond donors (Lipinski definition) is 1. The Hall–Kier alpha value is -0.830. The fourth-order valence-electron chi connectivity index (χ4n) is 4.39. The van der Waals surface area contributed by atoms with Crippen LogP contribution < -0.4 is 5.32 Å². The minimum atomic E-state index is 0.485. The van der Waals surface area contributed by atoms with E-state index < -0.39 is 0 Å². The predicted molar refractivity (Wildman–Crippen MR) is 77.9 cm³/mol. The molecule has 3 rings (SSSR count). The van der Waals surface area contributed by atoms with Gasteiger partial charge < -0.3 is 5.32 Å². The van der Waals surface area contributed by atoms with Crippen molar-refractivity contribution in [3.8, 4) is 0 Å². The van der Waals surface area contributed by atoms with Gasteiger partial charge in [0.05, 0.1) is 5.69 Å². The molecule has 3 nitrogen and oxygen atoms in total. The van der Waals surface area contributed by atoms with Gasteiger partial charge in [-0.2, -0.15) is 5.10 Å². The van der Waals surface area contributed by atoms with Crippen LogP contribution in [0.3, 0.4) is 0 Å². The summed E-state index contributed by atoms with van der Waals surface area (Å²) < 4.78 is 2.19. The van der Waals surface area contributed by atoms with Crippen molar-refractivity contribution in [3.63, 3.8) is 0 Å². The highest BCUT2D eigenvalue weighted by Crippen LogP contribution is 2.50. The van der Waals surface area contributed by atoms with Crippen molar-refractivity contribution in [2.45, 2.75) is 58.0 Å². The van der Waals surface area contributed by atoms with E-state index in [1.54, 1.807) is 0 Å². The number of nitrogens with zero attached hydrogens (tertiary/aromatic N) is 2. The van der Waals surface area contributed by atoms with Crippen LogP contribution in [0.4, 0.5) is 0 Å². The Morgan fingerprint density at radius 2 is 2.32 bits per heavy atom. The molecule has 2 fully saturated rings. The van der Waals surface area contributed by atoms with E-state index in [-0.39, 0.29) is 0 Å². The predicted octanol–water partition coefficient (Wildman–Crippen LogP) is 3.38. The highest BCUT2D eigenvalue weighted by atomic mass is 15.3. The molecular formula is C16H27N3. The minimum Gasteiger partial charge on any atom is -0.312 e. The summed E-state index contributed by atoms with van der Waals surface area (Å²) in [6.07, 6.45) is 10.4. The van der Waals surface area contributed by atoms with Gasteiger partial charge in [-0.15, -0.1) is 0 Å². The lowest BCUT2D eigenvalue weighted by atomic mass is 9.83. The Morgan fingerprint density at radius 3 is 2.95 bits per heavy atom. The molecule has 0 aliphatic heterocycles. The molecule has 2 bridgehead atoms. The summed E-state index contributed by atoms with van der Waals surface area (Å²) in [4.78, 5) is 0. The lowest BCUT2D eigenvalue weighted by molar-refractivity contribution is 0.278. The molecule has 1 N–H and O–H groups in total. The van der Waals surface area contributed by atoms with E-state index in [1.165, 1.54) is 37.8 Å². The van der Waals surface area contributed by atoms with Crippen molar-refractivity contribution in [3.05, 3.63) is 18.0 Å². The highest BCUT2D eigenvalue weighted by Gasteiger charge is 2.40. The van der Waals surface area contributed by atoms with E-state index >= 15 is 0 Å². The van der Waals surface area contributed by atoms with Crippen LogP contribution in [0.1, 0.15) is 57.2 Å². The lowest BCUT2D eigenvalue weighted by Crippen LogP contribution is -2.25. The SMILES string of the molecule is CCCn1nccc1C(CC1CC2CCC1C2)NC. The van der Waals surface area contributed by atoms with E-state index in [0.717, 1.165) is 30.7 Å². The zero-order valence-electron chi connectivity index (χ0n) is 12.3. The maximum Gasteiger partial charge on any atom is 0.0553 e. The average molecular weight is 261 g/mol. The van der Waals surface area contributed by atoms with Gasteiger partial charge in [-0.3, -0.25) is 4.68 Å². The van der Waals surface area contributed by atoms with Crippen LogP contribution in [0, 0.1) is 17.8 Å². The van der Waals surface area contributed by atoms with Crippen LogP contribution in [0.2, 0.25) is 0 Å². The molecule has 0 spiro atoms. The molecule has 1 aromatic heterocycles. The summed E-state index contributed by atoms with van der Waals surface area (Å²) in [6, 6.07) is 2.68. The third-order valence-corrected chi connectivity index (χ3v) is 5.31. The lowest BCUT2D eigenvalue weighted by Gasteiger charge is -2.27. The minimum absolute atomic E-state index is 0.485. The molecular weight excluding hydrogens is 234 g/mol. The number of nitrogens with one attached hydrogen (secondary N) is 1. The molecule has 19 heavy (non-hydrogen) atoms. The molecule has 0 aromatic carbocycles. The molecule has 0 radical (unpaired) electrons. The molecule has 2 saturated carbocycles. The number of aromatic nitrogens is 2. The van der Waals surface area contributed by atoms with Crippen molar-refractivity contribution >= 4 is 0 Å². The Labute approximate surface area is 116 Å². The molecule has 4 atom stereocenters. The zero-order chi connectivity index (χ0) is 13.2. The first-order valence-corrected chi connectivity index (χ1v) is 8.00. The standard InChI is InChI=1S/C16H27N3/c1-3-8-19-16(6-7-18-19)15(17-2)11-14-10-12-4-5-13(14)9-12/h6-7,12-15,17H,3-5,8-11H2,1-2H3. The fourth-order valence-corrected chi connectivity index (χ4v) is 4.39. The van der Waals surface area contributed by atoms with Gasteiger partial charge in [-0.1, -0.05) is 13.3 Å². The molecule has 2 aliphatic rings. The van der Waals surface area contributed by atoms with Gasteiger partial charge in [0.15, 0.2) is 0 Å². The van der Waals surface area contributed by atoms with E-state index in [2.05, 4.69) is 35.1 Å². The van der Waals surface area contributed by atoms with E-state index in [1.807, 2.05) is 6.20 Å².